The number of carbonyl (C=O) groups excluding carboxylic acids is 2. The van der Waals surface area contributed by atoms with E-state index in [4.69, 9.17) is 26.3 Å². The molecule has 8 heteroatoms. The van der Waals surface area contributed by atoms with E-state index in [9.17, 15) is 9.59 Å². The van der Waals surface area contributed by atoms with Crippen molar-refractivity contribution in [1.82, 2.24) is 10.9 Å². The maximum absolute atomic E-state index is 11.8. The smallest absolute Gasteiger partial charge is 0.276 e. The van der Waals surface area contributed by atoms with E-state index in [0.717, 1.165) is 11.1 Å². The summed E-state index contributed by atoms with van der Waals surface area (Å²) in [7, 11) is 0. The summed E-state index contributed by atoms with van der Waals surface area (Å²) in [4.78, 5) is 23.5. The van der Waals surface area contributed by atoms with Crippen molar-refractivity contribution in [2.24, 2.45) is 0 Å². The van der Waals surface area contributed by atoms with Crippen LogP contribution in [0.5, 0.6) is 11.5 Å². The van der Waals surface area contributed by atoms with E-state index in [1.807, 2.05) is 19.9 Å². The highest BCUT2D eigenvalue weighted by Gasteiger charge is 2.10. The van der Waals surface area contributed by atoms with E-state index in [2.05, 4.69) is 10.9 Å². The molecule has 2 aromatic rings. The lowest BCUT2D eigenvalue weighted by molar-refractivity contribution is -0.131. The van der Waals surface area contributed by atoms with Gasteiger partial charge in [-0.1, -0.05) is 11.6 Å². The van der Waals surface area contributed by atoms with Crippen molar-refractivity contribution in [2.45, 2.75) is 13.8 Å². The minimum absolute atomic E-state index is 0.264. The third-order valence-electron chi connectivity index (χ3n) is 3.47. The predicted octanol–water partition coefficient (Wildman–Crippen LogP) is 2.43. The van der Waals surface area contributed by atoms with Crippen molar-refractivity contribution in [3.63, 3.8) is 0 Å². The Morgan fingerprint density at radius 3 is 2.04 bits per heavy atom. The second kappa shape index (κ2) is 9.46. The number of carbonyl (C=O) groups is 2. The van der Waals surface area contributed by atoms with Crippen molar-refractivity contribution in [1.29, 1.82) is 5.26 Å². The first-order valence-electron chi connectivity index (χ1n) is 7.99. The number of benzene rings is 2. The van der Waals surface area contributed by atoms with Crippen molar-refractivity contribution in [3.05, 3.63) is 58.1 Å². The Bertz CT molecular complexity index is 853. The second-order valence-corrected chi connectivity index (χ2v) is 6.12. The Hall–Kier alpha value is -3.24. The van der Waals surface area contributed by atoms with Gasteiger partial charge >= 0.3 is 0 Å². The van der Waals surface area contributed by atoms with Gasteiger partial charge in [0.15, 0.2) is 13.2 Å². The zero-order chi connectivity index (χ0) is 19.8. The Morgan fingerprint density at radius 2 is 1.52 bits per heavy atom. The molecule has 0 spiro atoms. The molecule has 0 unspecified atom stereocenters. The summed E-state index contributed by atoms with van der Waals surface area (Å²) in [6, 6.07) is 11.8. The standard InChI is InChI=1S/C19H18ClN3O4/c1-12-7-15(20)8-13(2)19(12)27-11-18(25)23-22-17(24)10-26-16-5-3-14(9-21)4-6-16/h3-8H,10-11H2,1-2H3,(H,22,24)(H,23,25). The fourth-order valence-corrected chi connectivity index (χ4v) is 2.58. The molecule has 2 N–H and O–H groups in total. The lowest BCUT2D eigenvalue weighted by Crippen LogP contribution is -2.45. The van der Waals surface area contributed by atoms with Gasteiger partial charge in [-0.25, -0.2) is 0 Å². The molecular formula is C19H18ClN3O4. The van der Waals surface area contributed by atoms with Crippen molar-refractivity contribution in [3.8, 4) is 17.6 Å². The van der Waals surface area contributed by atoms with Crippen molar-refractivity contribution < 1.29 is 19.1 Å². The van der Waals surface area contributed by atoms with Gasteiger partial charge in [0.25, 0.3) is 11.8 Å². The number of nitriles is 1. The monoisotopic (exact) mass is 387 g/mol. The van der Waals surface area contributed by atoms with Crippen LogP contribution in [0.1, 0.15) is 16.7 Å². The first-order chi connectivity index (χ1) is 12.9. The van der Waals surface area contributed by atoms with Gasteiger partial charge < -0.3 is 9.47 Å². The molecule has 0 radical (unpaired) electrons. The van der Waals surface area contributed by atoms with Crippen molar-refractivity contribution >= 4 is 23.4 Å². The Balaban J connectivity index is 1.73. The lowest BCUT2D eigenvalue weighted by Gasteiger charge is -2.13. The van der Waals surface area contributed by atoms with Crippen LogP contribution in [-0.2, 0) is 9.59 Å². The summed E-state index contributed by atoms with van der Waals surface area (Å²) >= 11 is 5.95. The summed E-state index contributed by atoms with van der Waals surface area (Å²) in [5.74, 6) is -0.0421. The number of nitrogens with one attached hydrogen (secondary N) is 2. The van der Waals surface area contributed by atoms with Crippen LogP contribution in [0.25, 0.3) is 0 Å². The number of hydrogen-bond acceptors (Lipinski definition) is 5. The topological polar surface area (TPSA) is 100 Å². The van der Waals surface area contributed by atoms with Gasteiger partial charge in [0.05, 0.1) is 11.6 Å². The average molecular weight is 388 g/mol. The SMILES string of the molecule is Cc1cc(Cl)cc(C)c1OCC(=O)NNC(=O)COc1ccc(C#N)cc1. The van der Waals surface area contributed by atoms with Gasteiger partial charge in [-0.05, 0) is 61.4 Å². The van der Waals surface area contributed by atoms with Crippen LogP contribution < -0.4 is 20.3 Å². The molecule has 0 saturated heterocycles. The first-order valence-corrected chi connectivity index (χ1v) is 8.37. The van der Waals surface area contributed by atoms with E-state index < -0.39 is 11.8 Å². The highest BCUT2D eigenvalue weighted by atomic mass is 35.5. The number of amides is 2. The van der Waals surface area contributed by atoms with Gasteiger partial charge in [-0.3, -0.25) is 20.4 Å². The summed E-state index contributed by atoms with van der Waals surface area (Å²) in [5.41, 5.74) is 6.59. The fourth-order valence-electron chi connectivity index (χ4n) is 2.25. The number of rotatable bonds is 6. The molecule has 7 nitrogen and oxygen atoms in total. The molecule has 27 heavy (non-hydrogen) atoms. The molecule has 0 aliphatic carbocycles. The van der Waals surface area contributed by atoms with Crippen LogP contribution >= 0.6 is 11.6 Å². The molecule has 0 saturated carbocycles. The van der Waals surface area contributed by atoms with Crippen LogP contribution in [0, 0.1) is 25.2 Å². The van der Waals surface area contributed by atoms with Crippen LogP contribution in [0.4, 0.5) is 0 Å². The lowest BCUT2D eigenvalue weighted by atomic mass is 10.1. The number of hydrogen-bond donors (Lipinski definition) is 2. The van der Waals surface area contributed by atoms with Crippen molar-refractivity contribution in [2.75, 3.05) is 13.2 Å². The van der Waals surface area contributed by atoms with E-state index in [0.29, 0.717) is 22.1 Å². The maximum atomic E-state index is 11.8. The third kappa shape index (κ3) is 6.20. The number of aryl methyl sites for hydroxylation is 2. The third-order valence-corrected chi connectivity index (χ3v) is 3.69. The highest BCUT2D eigenvalue weighted by molar-refractivity contribution is 6.30. The van der Waals surface area contributed by atoms with E-state index in [-0.39, 0.29) is 13.2 Å². The highest BCUT2D eigenvalue weighted by Crippen LogP contribution is 2.26. The maximum Gasteiger partial charge on any atom is 0.276 e. The molecule has 0 fully saturated rings. The van der Waals surface area contributed by atoms with Gasteiger partial charge in [-0.15, -0.1) is 0 Å². The van der Waals surface area contributed by atoms with Gasteiger partial charge in [0.2, 0.25) is 0 Å². The summed E-state index contributed by atoms with van der Waals surface area (Å²) < 4.78 is 10.7. The predicted molar refractivity (Wildman–Crippen MR) is 99.4 cm³/mol. The summed E-state index contributed by atoms with van der Waals surface area (Å²) in [6.07, 6.45) is 0. The second-order valence-electron chi connectivity index (χ2n) is 5.68. The molecule has 0 heterocycles. The molecule has 140 valence electrons. The number of halogens is 1. The van der Waals surface area contributed by atoms with Crippen LogP contribution in [0.15, 0.2) is 36.4 Å². The zero-order valence-corrected chi connectivity index (χ0v) is 15.6. The van der Waals surface area contributed by atoms with Gasteiger partial charge in [-0.2, -0.15) is 5.26 Å². The normalized spacial score (nSPS) is 9.85. The molecule has 0 aromatic heterocycles. The Morgan fingerprint density at radius 1 is 1.00 bits per heavy atom. The number of hydrazine groups is 1. The first kappa shape index (κ1) is 20.1. The van der Waals surface area contributed by atoms with E-state index in [1.54, 1.807) is 36.4 Å². The molecule has 0 aliphatic rings. The quantitative estimate of drug-likeness (QED) is 0.741. The van der Waals surface area contributed by atoms with E-state index in [1.165, 1.54) is 0 Å². The Kier molecular flexibility index (Phi) is 7.03. The van der Waals surface area contributed by atoms with Crippen LogP contribution in [0.3, 0.4) is 0 Å². The minimum atomic E-state index is -0.536. The van der Waals surface area contributed by atoms with E-state index >= 15 is 0 Å². The minimum Gasteiger partial charge on any atom is -0.484 e. The summed E-state index contributed by atoms with van der Waals surface area (Å²) in [5, 5.41) is 9.31. The zero-order valence-electron chi connectivity index (χ0n) is 14.8. The molecular weight excluding hydrogens is 370 g/mol. The van der Waals surface area contributed by atoms with Crippen LogP contribution in [-0.4, -0.2) is 25.0 Å². The summed E-state index contributed by atoms with van der Waals surface area (Å²) in [6.45, 7) is 3.10. The number of nitrogens with zero attached hydrogens (tertiary/aromatic N) is 1. The molecule has 2 amide bonds. The number of ether oxygens (including phenoxy) is 2. The fraction of sp³-hybridized carbons (Fsp3) is 0.211. The molecule has 0 aliphatic heterocycles. The molecule has 0 atom stereocenters. The average Bonchev–Trinajstić information content (AvgIpc) is 2.64. The largest absolute Gasteiger partial charge is 0.484 e. The van der Waals surface area contributed by atoms with Gasteiger partial charge in [0, 0.05) is 5.02 Å². The Labute approximate surface area is 161 Å². The molecule has 0 bridgehead atoms. The van der Waals surface area contributed by atoms with Crippen LogP contribution in [0.2, 0.25) is 5.02 Å². The molecule has 2 rings (SSSR count). The molecule has 2 aromatic carbocycles. The van der Waals surface area contributed by atoms with Gasteiger partial charge in [0.1, 0.15) is 11.5 Å².